The number of hydrogen-bond acceptors (Lipinski definition) is 2. The molecule has 15 heavy (non-hydrogen) atoms. The van der Waals surface area contributed by atoms with Crippen LogP contribution in [0, 0.1) is 29.0 Å². The molecule has 0 atom stereocenters. The van der Waals surface area contributed by atoms with Gasteiger partial charge in [0.2, 0.25) is 5.91 Å². The van der Waals surface area contributed by atoms with Gasteiger partial charge in [-0.25, -0.2) is 4.39 Å². The van der Waals surface area contributed by atoms with Gasteiger partial charge in [0.1, 0.15) is 11.9 Å². The zero-order valence-corrected chi connectivity index (χ0v) is 7.75. The summed E-state index contributed by atoms with van der Waals surface area (Å²) in [6.07, 6.45) is -0.0678. The van der Waals surface area contributed by atoms with Crippen LogP contribution < -0.4 is 5.73 Å². The molecule has 0 bridgehead atoms. The van der Waals surface area contributed by atoms with Crippen LogP contribution >= 0.6 is 0 Å². The van der Waals surface area contributed by atoms with E-state index in [4.69, 9.17) is 11.0 Å². The molecule has 0 aromatic heterocycles. The lowest BCUT2D eigenvalue weighted by Crippen LogP contribution is -2.08. The number of rotatable bonds is 1. The largest absolute Gasteiger partial charge is 0.369 e. The van der Waals surface area contributed by atoms with Gasteiger partial charge in [-0.05, 0) is 18.2 Å². The molecule has 1 aromatic carbocycles. The summed E-state index contributed by atoms with van der Waals surface area (Å²) in [4.78, 5) is 10.4. The third-order valence-corrected chi connectivity index (χ3v) is 1.58. The summed E-state index contributed by atoms with van der Waals surface area (Å²) in [6, 6.07) is 5.69. The first-order valence-electron chi connectivity index (χ1n) is 4.10. The highest BCUT2D eigenvalue weighted by Gasteiger charge is 2.00. The highest BCUT2D eigenvalue weighted by molar-refractivity contribution is 5.76. The summed E-state index contributed by atoms with van der Waals surface area (Å²) in [5.74, 6) is 3.91. The van der Waals surface area contributed by atoms with Crippen molar-refractivity contribution in [3.8, 4) is 17.9 Å². The fraction of sp³-hybridized carbons (Fsp3) is 0.0909. The molecular weight excluding hydrogens is 195 g/mol. The lowest BCUT2D eigenvalue weighted by Gasteiger charge is -1.93. The smallest absolute Gasteiger partial charge is 0.229 e. The van der Waals surface area contributed by atoms with E-state index < -0.39 is 11.7 Å². The highest BCUT2D eigenvalue weighted by Crippen LogP contribution is 2.08. The monoisotopic (exact) mass is 202 g/mol. The van der Waals surface area contributed by atoms with Crippen molar-refractivity contribution >= 4 is 5.91 Å². The first-order chi connectivity index (χ1) is 7.13. The van der Waals surface area contributed by atoms with Crippen molar-refractivity contribution in [3.05, 3.63) is 35.1 Å². The Morgan fingerprint density at radius 1 is 1.53 bits per heavy atom. The van der Waals surface area contributed by atoms with Crippen LogP contribution in [0.1, 0.15) is 17.5 Å². The van der Waals surface area contributed by atoms with Crippen LogP contribution in [0.25, 0.3) is 0 Å². The van der Waals surface area contributed by atoms with Crippen molar-refractivity contribution < 1.29 is 9.18 Å². The van der Waals surface area contributed by atoms with Crippen molar-refractivity contribution in [2.45, 2.75) is 6.42 Å². The fourth-order valence-corrected chi connectivity index (χ4v) is 0.917. The molecule has 0 aliphatic carbocycles. The first-order valence-corrected chi connectivity index (χ1v) is 4.10. The Balaban J connectivity index is 2.88. The number of nitrogens with zero attached hydrogens (tertiary/aromatic N) is 1. The minimum absolute atomic E-state index is 0.0320. The molecule has 0 aliphatic heterocycles. The number of carbonyl (C=O) groups is 1. The SMILES string of the molecule is N#Cc1ccc(C#CCC(N)=O)cc1F. The van der Waals surface area contributed by atoms with E-state index in [1.54, 1.807) is 6.07 Å². The number of nitriles is 1. The van der Waals surface area contributed by atoms with Crippen molar-refractivity contribution in [3.63, 3.8) is 0 Å². The molecule has 0 radical (unpaired) electrons. The Morgan fingerprint density at radius 2 is 2.27 bits per heavy atom. The molecule has 0 heterocycles. The van der Waals surface area contributed by atoms with Crippen LogP contribution in [0.5, 0.6) is 0 Å². The van der Waals surface area contributed by atoms with E-state index >= 15 is 0 Å². The van der Waals surface area contributed by atoms with Gasteiger partial charge in [0.05, 0.1) is 12.0 Å². The minimum atomic E-state index is -0.622. The minimum Gasteiger partial charge on any atom is -0.369 e. The molecule has 0 saturated heterocycles. The zero-order chi connectivity index (χ0) is 11.3. The molecule has 0 saturated carbocycles. The van der Waals surface area contributed by atoms with E-state index in [2.05, 4.69) is 11.8 Å². The van der Waals surface area contributed by atoms with E-state index in [9.17, 15) is 9.18 Å². The lowest BCUT2D eigenvalue weighted by atomic mass is 10.1. The van der Waals surface area contributed by atoms with Gasteiger partial charge in [0.25, 0.3) is 0 Å². The second kappa shape index (κ2) is 4.78. The number of halogens is 1. The maximum Gasteiger partial charge on any atom is 0.229 e. The van der Waals surface area contributed by atoms with E-state index in [1.807, 2.05) is 0 Å². The predicted molar refractivity (Wildman–Crippen MR) is 51.8 cm³/mol. The number of benzene rings is 1. The second-order valence-electron chi connectivity index (χ2n) is 2.75. The second-order valence-corrected chi connectivity index (χ2v) is 2.75. The molecule has 2 N–H and O–H groups in total. The van der Waals surface area contributed by atoms with Crippen LogP contribution in [-0.2, 0) is 4.79 Å². The van der Waals surface area contributed by atoms with Crippen LogP contribution in [0.2, 0.25) is 0 Å². The van der Waals surface area contributed by atoms with Gasteiger partial charge in [0.15, 0.2) is 0 Å². The first kappa shape index (κ1) is 10.7. The lowest BCUT2D eigenvalue weighted by molar-refractivity contribution is -0.117. The third kappa shape index (κ3) is 3.13. The summed E-state index contributed by atoms with van der Waals surface area (Å²) in [7, 11) is 0. The summed E-state index contributed by atoms with van der Waals surface area (Å²) >= 11 is 0. The van der Waals surface area contributed by atoms with Crippen molar-refractivity contribution in [2.24, 2.45) is 5.73 Å². The Kier molecular flexibility index (Phi) is 3.43. The summed E-state index contributed by atoms with van der Waals surface area (Å²) in [6.45, 7) is 0. The van der Waals surface area contributed by atoms with E-state index in [-0.39, 0.29) is 12.0 Å². The predicted octanol–water partition coefficient (Wildman–Crippen LogP) is 0.924. The molecule has 0 spiro atoms. The summed E-state index contributed by atoms with van der Waals surface area (Å²) in [5, 5.41) is 8.47. The molecule has 0 fully saturated rings. The van der Waals surface area contributed by atoms with Gasteiger partial charge >= 0.3 is 0 Å². The average Bonchev–Trinajstić information content (AvgIpc) is 2.17. The molecule has 74 valence electrons. The molecular formula is C11H7FN2O. The number of amides is 1. The van der Waals surface area contributed by atoms with E-state index in [0.717, 1.165) is 6.07 Å². The van der Waals surface area contributed by atoms with Gasteiger partial charge in [-0.1, -0.05) is 11.8 Å². The summed E-state index contributed by atoms with van der Waals surface area (Å²) in [5.41, 5.74) is 5.25. The third-order valence-electron chi connectivity index (χ3n) is 1.58. The van der Waals surface area contributed by atoms with E-state index in [0.29, 0.717) is 5.56 Å². The van der Waals surface area contributed by atoms with E-state index in [1.165, 1.54) is 12.1 Å². The maximum absolute atomic E-state index is 13.1. The average molecular weight is 202 g/mol. The Bertz CT molecular complexity index is 492. The van der Waals surface area contributed by atoms with Gasteiger partial charge in [-0.2, -0.15) is 5.26 Å². The molecule has 4 heteroatoms. The topological polar surface area (TPSA) is 66.9 Å². The molecule has 1 aromatic rings. The Labute approximate surface area is 86.3 Å². The standard InChI is InChI=1S/C11H7FN2O/c12-10-6-8(2-1-3-11(14)15)4-5-9(10)7-13/h4-6H,3H2,(H2,14,15). The normalized spacial score (nSPS) is 8.53. The maximum atomic E-state index is 13.1. The van der Waals surface area contributed by atoms with Gasteiger partial charge < -0.3 is 5.73 Å². The van der Waals surface area contributed by atoms with Crippen LogP contribution in [0.3, 0.4) is 0 Å². The van der Waals surface area contributed by atoms with Crippen LogP contribution in [-0.4, -0.2) is 5.91 Å². The molecule has 3 nitrogen and oxygen atoms in total. The van der Waals surface area contributed by atoms with Crippen molar-refractivity contribution in [2.75, 3.05) is 0 Å². The number of hydrogen-bond donors (Lipinski definition) is 1. The van der Waals surface area contributed by atoms with Crippen molar-refractivity contribution in [1.29, 1.82) is 5.26 Å². The number of nitrogens with two attached hydrogens (primary N) is 1. The number of primary amides is 1. The van der Waals surface area contributed by atoms with Crippen LogP contribution in [0.15, 0.2) is 18.2 Å². The zero-order valence-electron chi connectivity index (χ0n) is 7.75. The van der Waals surface area contributed by atoms with Crippen molar-refractivity contribution in [1.82, 2.24) is 0 Å². The molecule has 1 rings (SSSR count). The fourth-order valence-electron chi connectivity index (χ4n) is 0.917. The quantitative estimate of drug-likeness (QED) is 0.688. The molecule has 1 amide bonds. The van der Waals surface area contributed by atoms with Gasteiger partial charge in [-0.15, -0.1) is 0 Å². The Hall–Kier alpha value is -2.33. The Morgan fingerprint density at radius 3 is 2.80 bits per heavy atom. The van der Waals surface area contributed by atoms with Gasteiger partial charge in [-0.3, -0.25) is 4.79 Å². The number of carbonyl (C=O) groups excluding carboxylic acids is 1. The van der Waals surface area contributed by atoms with Gasteiger partial charge in [0, 0.05) is 5.56 Å². The van der Waals surface area contributed by atoms with Crippen LogP contribution in [0.4, 0.5) is 4.39 Å². The molecule has 0 unspecified atom stereocenters. The molecule has 0 aliphatic rings. The highest BCUT2D eigenvalue weighted by atomic mass is 19.1. The summed E-state index contributed by atoms with van der Waals surface area (Å²) < 4.78 is 13.1.